The van der Waals surface area contributed by atoms with E-state index in [2.05, 4.69) is 29.8 Å². The Morgan fingerprint density at radius 1 is 1.38 bits per heavy atom. The molecule has 0 heterocycles. The number of aryl methyl sites for hydroxylation is 1. The molecule has 1 unspecified atom stereocenters. The van der Waals surface area contributed by atoms with Crippen molar-refractivity contribution in [2.45, 2.75) is 38.5 Å². The molecule has 1 aromatic rings. The molecule has 0 bridgehead atoms. The summed E-state index contributed by atoms with van der Waals surface area (Å²) in [5.41, 5.74) is 0.748. The molecule has 1 aromatic carbocycles. The molecule has 90 valence electrons. The van der Waals surface area contributed by atoms with Gasteiger partial charge >= 0.3 is 0 Å². The second-order valence-electron chi connectivity index (χ2n) is 4.50. The van der Waals surface area contributed by atoms with Crippen LogP contribution in [0.4, 0.5) is 4.39 Å². The van der Waals surface area contributed by atoms with Gasteiger partial charge in [-0.2, -0.15) is 0 Å². The number of halogens is 3. The van der Waals surface area contributed by atoms with Crippen LogP contribution >= 0.6 is 27.5 Å². The van der Waals surface area contributed by atoms with Crippen LogP contribution in [0.1, 0.15) is 32.3 Å². The maximum absolute atomic E-state index is 13.5. The van der Waals surface area contributed by atoms with Gasteiger partial charge in [-0.3, -0.25) is 0 Å². The van der Waals surface area contributed by atoms with E-state index in [0.717, 1.165) is 22.9 Å². The van der Waals surface area contributed by atoms with Gasteiger partial charge in [-0.1, -0.05) is 35.8 Å². The number of hydrogen-bond acceptors (Lipinski definition) is 0. The van der Waals surface area contributed by atoms with Gasteiger partial charge in [0.15, 0.2) is 0 Å². The summed E-state index contributed by atoms with van der Waals surface area (Å²) in [6.45, 7) is 4.30. The molecule has 0 radical (unpaired) electrons. The van der Waals surface area contributed by atoms with E-state index in [-0.39, 0.29) is 11.2 Å². The van der Waals surface area contributed by atoms with Crippen LogP contribution in [0.5, 0.6) is 0 Å². The molecule has 0 saturated heterocycles. The fourth-order valence-electron chi connectivity index (χ4n) is 1.67. The van der Waals surface area contributed by atoms with E-state index in [1.807, 2.05) is 12.1 Å². The third-order valence-electron chi connectivity index (χ3n) is 2.47. The summed E-state index contributed by atoms with van der Waals surface area (Å²) in [4.78, 5) is 0. The Labute approximate surface area is 110 Å². The average Bonchev–Trinajstić information content (AvgIpc) is 2.15. The molecule has 1 rings (SSSR count). The summed E-state index contributed by atoms with van der Waals surface area (Å²) in [7, 11) is 0. The van der Waals surface area contributed by atoms with E-state index in [4.69, 9.17) is 11.6 Å². The summed E-state index contributed by atoms with van der Waals surface area (Å²) in [5.74, 6) is 0.444. The maximum atomic E-state index is 13.5. The number of rotatable bonds is 5. The fourth-order valence-corrected chi connectivity index (χ4v) is 2.46. The lowest BCUT2D eigenvalue weighted by molar-refractivity contribution is 0.537. The standard InChI is InChI=1S/C13H17BrClF/c1-9(2)7-12(15)6-4-10-3-5-11(14)8-13(10)16/h3,5,8-9,12H,4,6-7H2,1-2H3. The van der Waals surface area contributed by atoms with Crippen LogP contribution in [0.25, 0.3) is 0 Å². The van der Waals surface area contributed by atoms with Crippen LogP contribution in [0.15, 0.2) is 22.7 Å². The van der Waals surface area contributed by atoms with Crippen LogP contribution in [0, 0.1) is 11.7 Å². The Balaban J connectivity index is 2.48. The quantitative estimate of drug-likeness (QED) is 0.658. The topological polar surface area (TPSA) is 0 Å². The SMILES string of the molecule is CC(C)CC(Cl)CCc1ccc(Br)cc1F. The van der Waals surface area contributed by atoms with Gasteiger partial charge in [0, 0.05) is 9.85 Å². The first kappa shape index (κ1) is 14.0. The molecule has 0 aromatic heterocycles. The number of hydrogen-bond donors (Lipinski definition) is 0. The van der Waals surface area contributed by atoms with Gasteiger partial charge in [-0.15, -0.1) is 11.6 Å². The minimum atomic E-state index is -0.150. The van der Waals surface area contributed by atoms with Crippen molar-refractivity contribution in [3.8, 4) is 0 Å². The first-order chi connectivity index (χ1) is 7.49. The molecule has 0 nitrogen and oxygen atoms in total. The molecule has 0 fully saturated rings. The molecule has 1 atom stereocenters. The van der Waals surface area contributed by atoms with Crippen molar-refractivity contribution in [3.63, 3.8) is 0 Å². The molecular formula is C13H17BrClF. The molecule has 0 aliphatic carbocycles. The summed E-state index contributed by atoms with van der Waals surface area (Å²) in [6, 6.07) is 5.18. The molecule has 0 spiro atoms. The summed E-state index contributed by atoms with van der Waals surface area (Å²) in [5, 5.41) is 0.142. The lowest BCUT2D eigenvalue weighted by atomic mass is 10.0. The molecule has 0 amide bonds. The largest absolute Gasteiger partial charge is 0.207 e. The Bertz CT molecular complexity index is 339. The Hall–Kier alpha value is -0.0800. The van der Waals surface area contributed by atoms with Crippen LogP contribution in [0.2, 0.25) is 0 Å². The van der Waals surface area contributed by atoms with Crippen molar-refractivity contribution < 1.29 is 4.39 Å². The lowest BCUT2D eigenvalue weighted by Crippen LogP contribution is -2.05. The fraction of sp³-hybridized carbons (Fsp3) is 0.538. The molecule has 0 aliphatic heterocycles. The van der Waals surface area contributed by atoms with Gasteiger partial charge in [-0.05, 0) is 42.9 Å². The highest BCUT2D eigenvalue weighted by Crippen LogP contribution is 2.20. The Morgan fingerprint density at radius 3 is 2.62 bits per heavy atom. The van der Waals surface area contributed by atoms with Crippen molar-refractivity contribution in [3.05, 3.63) is 34.1 Å². The molecule has 16 heavy (non-hydrogen) atoms. The zero-order chi connectivity index (χ0) is 12.1. The van der Waals surface area contributed by atoms with Crippen LogP contribution < -0.4 is 0 Å². The van der Waals surface area contributed by atoms with E-state index >= 15 is 0 Å². The average molecular weight is 308 g/mol. The molecule has 0 saturated carbocycles. The highest BCUT2D eigenvalue weighted by Gasteiger charge is 2.09. The predicted octanol–water partition coefficient (Wildman–Crippen LogP) is 5.17. The summed E-state index contributed by atoms with van der Waals surface area (Å²) >= 11 is 9.42. The third kappa shape index (κ3) is 4.84. The smallest absolute Gasteiger partial charge is 0.127 e. The Kier molecular flexibility index (Phi) is 5.77. The van der Waals surface area contributed by atoms with Gasteiger partial charge in [0.1, 0.15) is 5.82 Å². The third-order valence-corrected chi connectivity index (χ3v) is 3.36. The van der Waals surface area contributed by atoms with Crippen molar-refractivity contribution in [1.82, 2.24) is 0 Å². The highest BCUT2D eigenvalue weighted by molar-refractivity contribution is 9.10. The van der Waals surface area contributed by atoms with E-state index in [9.17, 15) is 4.39 Å². The predicted molar refractivity (Wildman–Crippen MR) is 71.5 cm³/mol. The normalized spacial score (nSPS) is 13.1. The number of alkyl halides is 1. The molecule has 3 heteroatoms. The van der Waals surface area contributed by atoms with Gasteiger partial charge in [0.2, 0.25) is 0 Å². The van der Waals surface area contributed by atoms with Crippen LogP contribution in [-0.4, -0.2) is 5.38 Å². The monoisotopic (exact) mass is 306 g/mol. The molecular weight excluding hydrogens is 290 g/mol. The van der Waals surface area contributed by atoms with Gasteiger partial charge < -0.3 is 0 Å². The summed E-state index contributed by atoms with van der Waals surface area (Å²) in [6.07, 6.45) is 2.53. The van der Waals surface area contributed by atoms with Gasteiger partial charge in [-0.25, -0.2) is 4.39 Å². The van der Waals surface area contributed by atoms with E-state index in [1.54, 1.807) is 0 Å². The van der Waals surface area contributed by atoms with E-state index < -0.39 is 0 Å². The highest BCUT2D eigenvalue weighted by atomic mass is 79.9. The van der Waals surface area contributed by atoms with E-state index in [0.29, 0.717) is 12.3 Å². The first-order valence-electron chi connectivity index (χ1n) is 5.57. The Morgan fingerprint density at radius 2 is 2.06 bits per heavy atom. The molecule has 0 N–H and O–H groups in total. The molecule has 0 aliphatic rings. The van der Waals surface area contributed by atoms with Gasteiger partial charge in [0.25, 0.3) is 0 Å². The maximum Gasteiger partial charge on any atom is 0.127 e. The van der Waals surface area contributed by atoms with Crippen molar-refractivity contribution in [2.75, 3.05) is 0 Å². The zero-order valence-electron chi connectivity index (χ0n) is 9.64. The summed E-state index contributed by atoms with van der Waals surface area (Å²) < 4.78 is 14.3. The zero-order valence-corrected chi connectivity index (χ0v) is 12.0. The van der Waals surface area contributed by atoms with E-state index in [1.165, 1.54) is 6.07 Å². The lowest BCUT2D eigenvalue weighted by Gasteiger charge is -2.12. The first-order valence-corrected chi connectivity index (χ1v) is 6.80. The minimum Gasteiger partial charge on any atom is -0.207 e. The van der Waals surface area contributed by atoms with Crippen LogP contribution in [-0.2, 0) is 6.42 Å². The van der Waals surface area contributed by atoms with Crippen molar-refractivity contribution >= 4 is 27.5 Å². The number of benzene rings is 1. The van der Waals surface area contributed by atoms with Gasteiger partial charge in [0.05, 0.1) is 0 Å². The van der Waals surface area contributed by atoms with Crippen LogP contribution in [0.3, 0.4) is 0 Å². The second kappa shape index (κ2) is 6.61. The second-order valence-corrected chi connectivity index (χ2v) is 6.03. The van der Waals surface area contributed by atoms with Crippen molar-refractivity contribution in [1.29, 1.82) is 0 Å². The van der Waals surface area contributed by atoms with Crippen molar-refractivity contribution in [2.24, 2.45) is 5.92 Å². The minimum absolute atomic E-state index is 0.142.